The van der Waals surface area contributed by atoms with Gasteiger partial charge < -0.3 is 16.0 Å². The van der Waals surface area contributed by atoms with Crippen molar-refractivity contribution < 1.29 is 4.79 Å². The van der Waals surface area contributed by atoms with E-state index in [1.165, 1.54) is 11.3 Å². The SMILES string of the molecule is CCCN(C)c1nc(N)c(C(=O)NC(C)CCSC)s1. The summed E-state index contributed by atoms with van der Waals surface area (Å²) in [6.45, 7) is 5.02. The maximum Gasteiger partial charge on any atom is 0.265 e. The van der Waals surface area contributed by atoms with Gasteiger partial charge in [0.15, 0.2) is 5.13 Å². The van der Waals surface area contributed by atoms with E-state index < -0.39 is 0 Å². The molecule has 1 aromatic heterocycles. The minimum absolute atomic E-state index is 0.121. The van der Waals surface area contributed by atoms with E-state index in [1.54, 1.807) is 11.8 Å². The molecule has 0 aliphatic carbocycles. The maximum absolute atomic E-state index is 12.2. The molecule has 114 valence electrons. The third-order valence-electron chi connectivity index (χ3n) is 2.87. The minimum Gasteiger partial charge on any atom is -0.382 e. The van der Waals surface area contributed by atoms with Gasteiger partial charge in [-0.1, -0.05) is 18.3 Å². The number of hydrogen-bond donors (Lipinski definition) is 2. The number of anilines is 2. The number of hydrogen-bond acceptors (Lipinski definition) is 6. The normalized spacial score (nSPS) is 12.2. The van der Waals surface area contributed by atoms with Crippen LogP contribution in [-0.4, -0.2) is 42.5 Å². The highest BCUT2D eigenvalue weighted by Crippen LogP contribution is 2.27. The molecule has 5 nitrogen and oxygen atoms in total. The van der Waals surface area contributed by atoms with Gasteiger partial charge >= 0.3 is 0 Å². The zero-order valence-electron chi connectivity index (χ0n) is 12.6. The molecule has 0 aliphatic heterocycles. The van der Waals surface area contributed by atoms with Crippen LogP contribution in [0.3, 0.4) is 0 Å². The molecule has 1 aromatic rings. The molecule has 7 heteroatoms. The lowest BCUT2D eigenvalue weighted by Crippen LogP contribution is -2.32. The lowest BCUT2D eigenvalue weighted by molar-refractivity contribution is 0.0944. The summed E-state index contributed by atoms with van der Waals surface area (Å²) in [6, 6.07) is 0.147. The quantitative estimate of drug-likeness (QED) is 0.771. The topological polar surface area (TPSA) is 71.2 Å². The predicted octanol–water partition coefficient (Wildman–Crippen LogP) is 2.44. The summed E-state index contributed by atoms with van der Waals surface area (Å²) in [7, 11) is 1.96. The van der Waals surface area contributed by atoms with E-state index in [0.717, 1.165) is 30.3 Å². The number of nitrogen functional groups attached to an aromatic ring is 1. The Morgan fingerprint density at radius 3 is 2.90 bits per heavy atom. The monoisotopic (exact) mass is 316 g/mol. The van der Waals surface area contributed by atoms with Gasteiger partial charge in [0.2, 0.25) is 0 Å². The van der Waals surface area contributed by atoms with Crippen molar-refractivity contribution in [1.82, 2.24) is 10.3 Å². The van der Waals surface area contributed by atoms with Gasteiger partial charge in [-0.25, -0.2) is 4.98 Å². The molecule has 20 heavy (non-hydrogen) atoms. The summed E-state index contributed by atoms with van der Waals surface area (Å²) in [6.07, 6.45) is 4.04. The molecular weight excluding hydrogens is 292 g/mol. The third-order valence-corrected chi connectivity index (χ3v) is 4.69. The number of nitrogens with zero attached hydrogens (tertiary/aromatic N) is 2. The zero-order chi connectivity index (χ0) is 15.1. The summed E-state index contributed by atoms with van der Waals surface area (Å²) in [5.41, 5.74) is 5.86. The van der Waals surface area contributed by atoms with E-state index in [4.69, 9.17) is 5.73 Å². The lowest BCUT2D eigenvalue weighted by atomic mass is 10.2. The van der Waals surface area contributed by atoms with Gasteiger partial charge in [-0.15, -0.1) is 0 Å². The Kier molecular flexibility index (Phi) is 7.15. The van der Waals surface area contributed by atoms with Crippen LogP contribution in [0.1, 0.15) is 36.4 Å². The van der Waals surface area contributed by atoms with Crippen molar-refractivity contribution in [2.75, 3.05) is 36.2 Å². The smallest absolute Gasteiger partial charge is 0.265 e. The van der Waals surface area contributed by atoms with Crippen molar-refractivity contribution in [2.45, 2.75) is 32.7 Å². The first kappa shape index (κ1) is 17.1. The van der Waals surface area contributed by atoms with Crippen LogP contribution in [0.2, 0.25) is 0 Å². The van der Waals surface area contributed by atoms with Gasteiger partial charge in [0, 0.05) is 19.6 Å². The van der Waals surface area contributed by atoms with Gasteiger partial charge in [-0.05, 0) is 31.8 Å². The highest BCUT2D eigenvalue weighted by molar-refractivity contribution is 7.98. The molecule has 0 saturated heterocycles. The molecule has 1 unspecified atom stereocenters. The molecule has 1 atom stereocenters. The first-order valence-electron chi connectivity index (χ1n) is 6.76. The van der Waals surface area contributed by atoms with Gasteiger partial charge in [0.25, 0.3) is 5.91 Å². The number of thiazole rings is 1. The summed E-state index contributed by atoms with van der Waals surface area (Å²) < 4.78 is 0. The van der Waals surface area contributed by atoms with Crippen molar-refractivity contribution in [3.8, 4) is 0 Å². The summed E-state index contributed by atoms with van der Waals surface area (Å²) in [4.78, 5) is 19.0. The summed E-state index contributed by atoms with van der Waals surface area (Å²) in [5, 5.41) is 3.77. The standard InChI is InChI=1S/C13H24N4OS2/c1-5-7-17(3)13-16-11(14)10(20-13)12(18)15-9(2)6-8-19-4/h9H,5-8,14H2,1-4H3,(H,15,18). The molecule has 1 heterocycles. The van der Waals surface area contributed by atoms with E-state index in [9.17, 15) is 4.79 Å². The number of amides is 1. The first-order chi connectivity index (χ1) is 9.49. The molecule has 0 aliphatic rings. The van der Waals surface area contributed by atoms with Gasteiger partial charge in [-0.3, -0.25) is 4.79 Å². The molecule has 0 bridgehead atoms. The molecule has 0 spiro atoms. The van der Waals surface area contributed by atoms with Crippen LogP contribution in [0.5, 0.6) is 0 Å². The van der Waals surface area contributed by atoms with Crippen LogP contribution in [0.4, 0.5) is 10.9 Å². The molecular formula is C13H24N4OS2. The van der Waals surface area contributed by atoms with Gasteiger partial charge in [0.05, 0.1) is 0 Å². The zero-order valence-corrected chi connectivity index (χ0v) is 14.2. The van der Waals surface area contributed by atoms with Crippen LogP contribution in [0.25, 0.3) is 0 Å². The molecule has 3 N–H and O–H groups in total. The number of carbonyl (C=O) groups excluding carboxylic acids is 1. The molecule has 0 radical (unpaired) electrons. The average molecular weight is 316 g/mol. The second kappa shape index (κ2) is 8.36. The van der Waals surface area contributed by atoms with Crippen LogP contribution in [-0.2, 0) is 0 Å². The third kappa shape index (κ3) is 4.86. The number of nitrogens with two attached hydrogens (primary N) is 1. The minimum atomic E-state index is -0.121. The number of nitrogens with one attached hydrogen (secondary N) is 1. The Hall–Kier alpha value is -0.950. The van der Waals surface area contributed by atoms with Crippen molar-refractivity contribution in [3.05, 3.63) is 4.88 Å². The molecule has 0 fully saturated rings. The van der Waals surface area contributed by atoms with Crippen molar-refractivity contribution >= 4 is 40.0 Å². The molecule has 1 amide bonds. The van der Waals surface area contributed by atoms with E-state index in [0.29, 0.717) is 10.7 Å². The Bertz CT molecular complexity index is 436. The van der Waals surface area contributed by atoms with Crippen LogP contribution in [0.15, 0.2) is 0 Å². The van der Waals surface area contributed by atoms with E-state index in [2.05, 4.69) is 23.5 Å². The Labute approximate surface area is 129 Å². The largest absolute Gasteiger partial charge is 0.382 e. The lowest BCUT2D eigenvalue weighted by Gasteiger charge is -2.13. The van der Waals surface area contributed by atoms with Crippen molar-refractivity contribution in [1.29, 1.82) is 0 Å². The van der Waals surface area contributed by atoms with Crippen molar-refractivity contribution in [2.24, 2.45) is 0 Å². The fourth-order valence-electron chi connectivity index (χ4n) is 1.73. The maximum atomic E-state index is 12.2. The second-order valence-corrected chi connectivity index (χ2v) is 6.75. The highest BCUT2D eigenvalue weighted by Gasteiger charge is 2.19. The van der Waals surface area contributed by atoms with Crippen LogP contribution >= 0.6 is 23.1 Å². The number of aromatic nitrogens is 1. The van der Waals surface area contributed by atoms with Gasteiger partial charge in [-0.2, -0.15) is 11.8 Å². The fraction of sp³-hybridized carbons (Fsp3) is 0.692. The highest BCUT2D eigenvalue weighted by atomic mass is 32.2. The van der Waals surface area contributed by atoms with Crippen LogP contribution < -0.4 is 16.0 Å². The Morgan fingerprint density at radius 2 is 2.30 bits per heavy atom. The second-order valence-electron chi connectivity index (χ2n) is 4.79. The van der Waals surface area contributed by atoms with Gasteiger partial charge in [0.1, 0.15) is 10.7 Å². The van der Waals surface area contributed by atoms with E-state index >= 15 is 0 Å². The molecule has 0 saturated carbocycles. The number of thioether (sulfide) groups is 1. The molecule has 0 aromatic carbocycles. The fourth-order valence-corrected chi connectivity index (χ4v) is 3.20. The summed E-state index contributed by atoms with van der Waals surface area (Å²) >= 11 is 3.13. The number of carbonyl (C=O) groups is 1. The average Bonchev–Trinajstić information content (AvgIpc) is 2.79. The molecule has 1 rings (SSSR count). The Balaban J connectivity index is 2.68. The number of rotatable bonds is 8. The van der Waals surface area contributed by atoms with E-state index in [1.807, 2.05) is 18.9 Å². The first-order valence-corrected chi connectivity index (χ1v) is 8.97. The summed E-state index contributed by atoms with van der Waals surface area (Å²) in [5.74, 6) is 1.23. The predicted molar refractivity (Wildman–Crippen MR) is 90.0 cm³/mol. The van der Waals surface area contributed by atoms with Crippen LogP contribution in [0, 0.1) is 0 Å². The Morgan fingerprint density at radius 1 is 1.60 bits per heavy atom. The van der Waals surface area contributed by atoms with Crippen molar-refractivity contribution in [3.63, 3.8) is 0 Å². The van der Waals surface area contributed by atoms with E-state index in [-0.39, 0.29) is 11.9 Å².